The molecule has 3 aromatic rings. The van der Waals surface area contributed by atoms with E-state index < -0.39 is 34.0 Å². The maximum Gasteiger partial charge on any atom is 0.251 e. The van der Waals surface area contributed by atoms with Crippen LogP contribution in [0.25, 0.3) is 0 Å². The number of benzene rings is 3. The number of aliphatic hydroxyl groups excluding tert-OH is 1. The minimum absolute atomic E-state index is 0.0929. The molecule has 0 aromatic heterocycles. The van der Waals surface area contributed by atoms with Gasteiger partial charge in [-0.1, -0.05) is 60.7 Å². The van der Waals surface area contributed by atoms with Crippen LogP contribution in [-0.4, -0.2) is 69.4 Å². The van der Waals surface area contributed by atoms with Crippen molar-refractivity contribution in [3.8, 4) is 0 Å². The van der Waals surface area contributed by atoms with Crippen LogP contribution in [-0.2, 0) is 16.4 Å². The van der Waals surface area contributed by atoms with Gasteiger partial charge in [0, 0.05) is 17.7 Å². The highest BCUT2D eigenvalue weighted by atomic mass is 32.2. The fourth-order valence-corrected chi connectivity index (χ4v) is 6.01. The molecule has 1 aliphatic heterocycles. The number of carbonyl (C=O) groups excluding carboxylic acids is 2. The summed E-state index contributed by atoms with van der Waals surface area (Å²) in [6.07, 6.45) is 1.73. The molecule has 1 aliphatic rings. The average molecular weight is 636 g/mol. The van der Waals surface area contributed by atoms with E-state index >= 15 is 0 Å². The summed E-state index contributed by atoms with van der Waals surface area (Å²) in [4.78, 5) is 27.1. The van der Waals surface area contributed by atoms with Crippen molar-refractivity contribution in [1.29, 1.82) is 0 Å². The summed E-state index contributed by atoms with van der Waals surface area (Å²) in [6, 6.07) is 22.3. The Hall–Kier alpha value is -3.77. The maximum atomic E-state index is 13.7. The first-order valence-corrected chi connectivity index (χ1v) is 17.2. The number of amides is 2. The van der Waals surface area contributed by atoms with Crippen LogP contribution in [0.3, 0.4) is 0 Å². The topological polar surface area (TPSA) is 149 Å². The Bertz CT molecular complexity index is 1500. The number of rotatable bonds is 15. The fraction of sp³-hybridized carbons (Fsp3) is 0.412. The van der Waals surface area contributed by atoms with E-state index in [-0.39, 0.29) is 35.2 Å². The fourth-order valence-electron chi connectivity index (χ4n) is 5.38. The van der Waals surface area contributed by atoms with Crippen LogP contribution in [0, 0.1) is 5.92 Å². The molecule has 10 nitrogen and oxygen atoms in total. The van der Waals surface area contributed by atoms with E-state index in [2.05, 4.69) is 26.0 Å². The van der Waals surface area contributed by atoms with Crippen molar-refractivity contribution >= 4 is 27.5 Å². The SMILES string of the molecule is CCS(=O)(=O)Nc1cc(C(=O)N[C@@H](Cc2ccccc2)[C@H](O)CNCC2CCCNC2)cc(C(=O)N[C@H](C)c2ccccc2)c1. The van der Waals surface area contributed by atoms with E-state index in [1.807, 2.05) is 67.6 Å². The highest BCUT2D eigenvalue weighted by Crippen LogP contribution is 2.20. The van der Waals surface area contributed by atoms with E-state index in [0.29, 0.717) is 12.3 Å². The zero-order valence-electron chi connectivity index (χ0n) is 26.0. The van der Waals surface area contributed by atoms with Gasteiger partial charge in [-0.2, -0.15) is 0 Å². The monoisotopic (exact) mass is 635 g/mol. The Morgan fingerprint density at radius 3 is 2.22 bits per heavy atom. The number of hydrogen-bond acceptors (Lipinski definition) is 7. The Morgan fingerprint density at radius 2 is 1.60 bits per heavy atom. The quantitative estimate of drug-likeness (QED) is 0.150. The summed E-state index contributed by atoms with van der Waals surface area (Å²) in [7, 11) is -3.69. The minimum Gasteiger partial charge on any atom is -0.390 e. The Balaban J connectivity index is 1.54. The molecule has 11 heteroatoms. The van der Waals surface area contributed by atoms with Gasteiger partial charge in [0.05, 0.1) is 29.6 Å². The molecule has 1 unspecified atom stereocenters. The van der Waals surface area contributed by atoms with Gasteiger partial charge in [0.25, 0.3) is 11.8 Å². The first-order chi connectivity index (χ1) is 21.6. The van der Waals surface area contributed by atoms with Crippen molar-refractivity contribution in [2.75, 3.05) is 36.7 Å². The lowest BCUT2D eigenvalue weighted by molar-refractivity contribution is 0.0828. The van der Waals surface area contributed by atoms with Gasteiger partial charge in [-0.3, -0.25) is 14.3 Å². The lowest BCUT2D eigenvalue weighted by atomic mass is 9.98. The highest BCUT2D eigenvalue weighted by molar-refractivity contribution is 7.92. The van der Waals surface area contributed by atoms with E-state index in [9.17, 15) is 23.1 Å². The van der Waals surface area contributed by atoms with Crippen LogP contribution >= 0.6 is 0 Å². The second kappa shape index (κ2) is 16.5. The predicted molar refractivity (Wildman–Crippen MR) is 178 cm³/mol. The molecule has 242 valence electrons. The van der Waals surface area contributed by atoms with Crippen LogP contribution in [0.5, 0.6) is 0 Å². The molecule has 6 N–H and O–H groups in total. The summed E-state index contributed by atoms with van der Waals surface area (Å²) < 4.78 is 27.3. The van der Waals surface area contributed by atoms with Crippen molar-refractivity contribution in [2.24, 2.45) is 5.92 Å². The van der Waals surface area contributed by atoms with Crippen LogP contribution in [0.4, 0.5) is 5.69 Å². The molecule has 1 heterocycles. The summed E-state index contributed by atoms with van der Waals surface area (Å²) in [5, 5.41) is 23.9. The van der Waals surface area contributed by atoms with Crippen LogP contribution < -0.4 is 26.0 Å². The number of sulfonamides is 1. The van der Waals surface area contributed by atoms with Crippen molar-refractivity contribution in [3.63, 3.8) is 0 Å². The highest BCUT2D eigenvalue weighted by Gasteiger charge is 2.25. The van der Waals surface area contributed by atoms with Gasteiger partial charge in [0.15, 0.2) is 0 Å². The van der Waals surface area contributed by atoms with Gasteiger partial charge >= 0.3 is 0 Å². The van der Waals surface area contributed by atoms with Gasteiger partial charge in [0.2, 0.25) is 10.0 Å². The normalized spacial score (nSPS) is 17.1. The second-order valence-corrected chi connectivity index (χ2v) is 13.6. The third-order valence-corrected chi connectivity index (χ3v) is 9.33. The summed E-state index contributed by atoms with van der Waals surface area (Å²) in [6.45, 7) is 6.36. The molecule has 0 bridgehead atoms. The molecule has 0 spiro atoms. The van der Waals surface area contributed by atoms with Gasteiger partial charge < -0.3 is 26.4 Å². The van der Waals surface area contributed by atoms with Crippen LogP contribution in [0.15, 0.2) is 78.9 Å². The van der Waals surface area contributed by atoms with Gasteiger partial charge in [0.1, 0.15) is 0 Å². The number of carbonyl (C=O) groups is 2. The standard InChI is InChI=1S/C34H45N5O5S/c1-3-45(43,44)39-30-19-28(33(41)37-24(2)27-14-8-5-9-15-27)18-29(20-30)34(42)38-31(17-25-11-6-4-7-12-25)32(40)23-36-22-26-13-10-16-35-21-26/h4-9,11-12,14-15,18-20,24,26,31-32,35-36,39-40H,3,10,13,16-17,21-23H2,1-2H3,(H,37,41)(H,38,42)/t24-,26?,31+,32-/m1/s1. The average Bonchev–Trinajstić information content (AvgIpc) is 3.05. The van der Waals surface area contributed by atoms with Crippen LogP contribution in [0.1, 0.15) is 64.6 Å². The molecular weight excluding hydrogens is 590 g/mol. The summed E-state index contributed by atoms with van der Waals surface area (Å²) >= 11 is 0. The molecule has 3 aromatic carbocycles. The first kappa shape index (κ1) is 34.1. The first-order valence-electron chi connectivity index (χ1n) is 15.6. The number of hydrogen-bond donors (Lipinski definition) is 6. The number of aliphatic hydroxyl groups is 1. The minimum atomic E-state index is -3.69. The number of nitrogens with one attached hydrogen (secondary N) is 5. The molecular formula is C34H45N5O5S. The molecule has 4 atom stereocenters. The van der Waals surface area contributed by atoms with Gasteiger partial charge in [-0.05, 0) is 88.0 Å². The van der Waals surface area contributed by atoms with Crippen molar-refractivity contribution in [2.45, 2.75) is 51.3 Å². The van der Waals surface area contributed by atoms with Crippen molar-refractivity contribution in [3.05, 3.63) is 101 Å². The Kier molecular flexibility index (Phi) is 12.5. The van der Waals surface area contributed by atoms with E-state index in [0.717, 1.165) is 43.6 Å². The van der Waals surface area contributed by atoms with Crippen molar-refractivity contribution < 1.29 is 23.1 Å². The lowest BCUT2D eigenvalue weighted by Crippen LogP contribution is -2.49. The molecule has 45 heavy (non-hydrogen) atoms. The molecule has 1 saturated heterocycles. The summed E-state index contributed by atoms with van der Waals surface area (Å²) in [5.74, 6) is -0.683. The van der Waals surface area contributed by atoms with Gasteiger partial charge in [-0.15, -0.1) is 0 Å². The predicted octanol–water partition coefficient (Wildman–Crippen LogP) is 3.23. The number of anilines is 1. The zero-order valence-corrected chi connectivity index (χ0v) is 26.8. The third kappa shape index (κ3) is 10.7. The Morgan fingerprint density at radius 1 is 0.956 bits per heavy atom. The maximum absolute atomic E-state index is 13.7. The molecule has 0 saturated carbocycles. The smallest absolute Gasteiger partial charge is 0.251 e. The molecule has 1 fully saturated rings. The van der Waals surface area contributed by atoms with Crippen molar-refractivity contribution in [1.82, 2.24) is 21.3 Å². The molecule has 2 amide bonds. The van der Waals surface area contributed by atoms with E-state index in [1.54, 1.807) is 0 Å². The third-order valence-electron chi connectivity index (χ3n) is 8.02. The second-order valence-electron chi connectivity index (χ2n) is 11.6. The zero-order chi connectivity index (χ0) is 32.2. The molecule has 0 aliphatic carbocycles. The van der Waals surface area contributed by atoms with Gasteiger partial charge in [-0.25, -0.2) is 8.42 Å². The van der Waals surface area contributed by atoms with Crippen LogP contribution in [0.2, 0.25) is 0 Å². The Labute approximate surface area is 266 Å². The lowest BCUT2D eigenvalue weighted by Gasteiger charge is -2.27. The van der Waals surface area contributed by atoms with E-state index in [4.69, 9.17) is 0 Å². The largest absolute Gasteiger partial charge is 0.390 e. The molecule has 4 rings (SSSR count). The number of piperidine rings is 1. The summed E-state index contributed by atoms with van der Waals surface area (Å²) in [5.41, 5.74) is 2.16. The molecule has 0 radical (unpaired) electrons. The van der Waals surface area contributed by atoms with E-state index in [1.165, 1.54) is 25.1 Å².